The highest BCUT2D eigenvalue weighted by molar-refractivity contribution is 5.74. The van der Waals surface area contributed by atoms with Gasteiger partial charge in [-0.05, 0) is 0 Å². The van der Waals surface area contributed by atoms with Crippen LogP contribution in [0.2, 0.25) is 0 Å². The van der Waals surface area contributed by atoms with Crippen molar-refractivity contribution in [2.24, 2.45) is 0 Å². The lowest BCUT2D eigenvalue weighted by Crippen LogP contribution is -2.45. The third-order valence-electron chi connectivity index (χ3n) is 2.48. The number of hydrogen-bond acceptors (Lipinski definition) is 4. The lowest BCUT2D eigenvalue weighted by atomic mass is 10.3. The van der Waals surface area contributed by atoms with Crippen LogP contribution in [-0.2, 0) is 11.3 Å². The van der Waals surface area contributed by atoms with Crippen LogP contribution in [-0.4, -0.2) is 47.4 Å². The fourth-order valence-corrected chi connectivity index (χ4v) is 1.51. The molecular weight excluding hydrogens is 210 g/mol. The Hall–Kier alpha value is -1.76. The van der Waals surface area contributed by atoms with Gasteiger partial charge in [-0.3, -0.25) is 5.10 Å². The molecule has 0 atom stereocenters. The van der Waals surface area contributed by atoms with Gasteiger partial charge in [0.25, 0.3) is 0 Å². The van der Waals surface area contributed by atoms with E-state index in [1.807, 2.05) is 0 Å². The molecule has 0 spiro atoms. The Morgan fingerprint density at radius 2 is 2.38 bits per heavy atom. The van der Waals surface area contributed by atoms with Crippen LogP contribution in [0.5, 0.6) is 0 Å². The van der Waals surface area contributed by atoms with Gasteiger partial charge < -0.3 is 20.7 Å². The third kappa shape index (κ3) is 2.43. The highest BCUT2D eigenvalue weighted by atomic mass is 16.5. The Bertz CT molecular complexity index is 359. The smallest absolute Gasteiger partial charge is 0.317 e. The van der Waals surface area contributed by atoms with E-state index in [4.69, 9.17) is 10.5 Å². The monoisotopic (exact) mass is 225 g/mol. The summed E-state index contributed by atoms with van der Waals surface area (Å²) in [5, 5.41) is 9.18. The first-order chi connectivity index (χ1) is 7.77. The summed E-state index contributed by atoms with van der Waals surface area (Å²) in [5.74, 6) is 0.488. The van der Waals surface area contributed by atoms with Crippen LogP contribution in [0, 0.1) is 0 Å². The number of nitrogens with one attached hydrogen (secondary N) is 2. The Balaban J connectivity index is 1.81. The minimum Gasteiger partial charge on any atom is -0.384 e. The standard InChI is InChI=1S/C9H15N5O2/c10-8-7(6-12-13-8)5-11-9(15)14-1-3-16-4-2-14/h6H,1-5H2,(H,11,15)(H3,10,12,13). The van der Waals surface area contributed by atoms with Gasteiger partial charge in [-0.2, -0.15) is 5.10 Å². The molecule has 0 unspecified atom stereocenters. The molecule has 0 radical (unpaired) electrons. The van der Waals surface area contributed by atoms with Gasteiger partial charge in [-0.25, -0.2) is 4.79 Å². The van der Waals surface area contributed by atoms with Crippen molar-refractivity contribution >= 4 is 11.8 Å². The van der Waals surface area contributed by atoms with Crippen LogP contribution >= 0.6 is 0 Å². The molecule has 2 heterocycles. The number of aromatic nitrogens is 2. The fourth-order valence-electron chi connectivity index (χ4n) is 1.51. The largest absolute Gasteiger partial charge is 0.384 e. The number of amides is 2. The van der Waals surface area contributed by atoms with Gasteiger partial charge in [0, 0.05) is 25.2 Å². The van der Waals surface area contributed by atoms with E-state index in [0.717, 1.165) is 5.56 Å². The number of carbonyl (C=O) groups is 1. The topological polar surface area (TPSA) is 96.3 Å². The molecule has 2 rings (SSSR count). The SMILES string of the molecule is Nc1[nH]ncc1CNC(=O)N1CCOCC1. The van der Waals surface area contributed by atoms with Gasteiger partial charge in [0.15, 0.2) is 0 Å². The number of nitrogens with zero attached hydrogens (tertiary/aromatic N) is 2. The maximum Gasteiger partial charge on any atom is 0.317 e. The van der Waals surface area contributed by atoms with E-state index in [1.54, 1.807) is 11.1 Å². The van der Waals surface area contributed by atoms with Crippen LogP contribution in [0.15, 0.2) is 6.20 Å². The number of morpholine rings is 1. The summed E-state index contributed by atoms with van der Waals surface area (Å²) in [5.41, 5.74) is 6.40. The summed E-state index contributed by atoms with van der Waals surface area (Å²) in [6.45, 7) is 2.85. The summed E-state index contributed by atoms with van der Waals surface area (Å²) in [4.78, 5) is 13.4. The average molecular weight is 225 g/mol. The maximum absolute atomic E-state index is 11.7. The first kappa shape index (κ1) is 10.7. The highest BCUT2D eigenvalue weighted by Gasteiger charge is 2.16. The van der Waals surface area contributed by atoms with Crippen molar-refractivity contribution in [2.45, 2.75) is 6.54 Å². The zero-order chi connectivity index (χ0) is 11.4. The maximum atomic E-state index is 11.7. The number of anilines is 1. The fraction of sp³-hybridized carbons (Fsp3) is 0.556. The number of H-pyrrole nitrogens is 1. The number of urea groups is 1. The molecule has 7 heteroatoms. The number of nitrogens with two attached hydrogens (primary N) is 1. The molecule has 1 aromatic rings. The average Bonchev–Trinajstić information content (AvgIpc) is 2.73. The summed E-state index contributed by atoms with van der Waals surface area (Å²) in [6.07, 6.45) is 1.61. The van der Waals surface area contributed by atoms with Crippen LogP contribution < -0.4 is 11.1 Å². The molecule has 1 saturated heterocycles. The Labute approximate surface area is 92.9 Å². The number of ether oxygens (including phenoxy) is 1. The summed E-state index contributed by atoms with van der Waals surface area (Å²) in [7, 11) is 0. The van der Waals surface area contributed by atoms with Crippen LogP contribution in [0.4, 0.5) is 10.6 Å². The molecule has 0 saturated carbocycles. The molecule has 16 heavy (non-hydrogen) atoms. The van der Waals surface area contributed by atoms with Crippen molar-refractivity contribution in [1.82, 2.24) is 20.4 Å². The summed E-state index contributed by atoms with van der Waals surface area (Å²) < 4.78 is 5.16. The number of nitrogen functional groups attached to an aromatic ring is 1. The number of aromatic amines is 1. The van der Waals surface area contributed by atoms with E-state index in [2.05, 4.69) is 15.5 Å². The molecule has 1 aromatic heterocycles. The third-order valence-corrected chi connectivity index (χ3v) is 2.48. The Kier molecular flexibility index (Phi) is 3.25. The first-order valence-corrected chi connectivity index (χ1v) is 5.15. The van der Waals surface area contributed by atoms with Gasteiger partial charge in [-0.1, -0.05) is 0 Å². The predicted octanol–water partition coefficient (Wildman–Crippen LogP) is -0.466. The Morgan fingerprint density at radius 1 is 1.62 bits per heavy atom. The van der Waals surface area contributed by atoms with Crippen LogP contribution in [0.25, 0.3) is 0 Å². The predicted molar refractivity (Wildman–Crippen MR) is 57.6 cm³/mol. The zero-order valence-electron chi connectivity index (χ0n) is 8.90. The molecule has 0 bridgehead atoms. The minimum atomic E-state index is -0.0936. The minimum absolute atomic E-state index is 0.0936. The summed E-state index contributed by atoms with van der Waals surface area (Å²) in [6, 6.07) is -0.0936. The van der Waals surface area contributed by atoms with E-state index >= 15 is 0 Å². The van der Waals surface area contributed by atoms with Gasteiger partial charge in [0.2, 0.25) is 0 Å². The zero-order valence-corrected chi connectivity index (χ0v) is 8.90. The molecule has 88 valence electrons. The normalized spacial score (nSPS) is 16.1. The second kappa shape index (κ2) is 4.84. The van der Waals surface area contributed by atoms with Crippen LogP contribution in [0.1, 0.15) is 5.56 Å². The second-order valence-corrected chi connectivity index (χ2v) is 3.57. The molecule has 0 aromatic carbocycles. The lowest BCUT2D eigenvalue weighted by molar-refractivity contribution is 0.0531. The van der Waals surface area contributed by atoms with Crippen molar-refractivity contribution in [3.63, 3.8) is 0 Å². The van der Waals surface area contributed by atoms with E-state index in [-0.39, 0.29) is 6.03 Å². The molecule has 7 nitrogen and oxygen atoms in total. The number of carbonyl (C=O) groups excluding carboxylic acids is 1. The van der Waals surface area contributed by atoms with Crippen molar-refractivity contribution < 1.29 is 9.53 Å². The van der Waals surface area contributed by atoms with E-state index < -0.39 is 0 Å². The molecule has 1 fully saturated rings. The lowest BCUT2D eigenvalue weighted by Gasteiger charge is -2.26. The molecule has 2 amide bonds. The van der Waals surface area contributed by atoms with Crippen molar-refractivity contribution in [1.29, 1.82) is 0 Å². The van der Waals surface area contributed by atoms with E-state index in [1.165, 1.54) is 0 Å². The molecule has 0 aliphatic carbocycles. The highest BCUT2D eigenvalue weighted by Crippen LogP contribution is 2.05. The number of rotatable bonds is 2. The van der Waals surface area contributed by atoms with Crippen LogP contribution in [0.3, 0.4) is 0 Å². The quantitative estimate of drug-likeness (QED) is 0.634. The second-order valence-electron chi connectivity index (χ2n) is 3.57. The van der Waals surface area contributed by atoms with Crippen molar-refractivity contribution in [3.05, 3.63) is 11.8 Å². The summed E-state index contributed by atoms with van der Waals surface area (Å²) >= 11 is 0. The first-order valence-electron chi connectivity index (χ1n) is 5.15. The molecule has 1 aliphatic rings. The Morgan fingerprint density at radius 3 is 3.00 bits per heavy atom. The van der Waals surface area contributed by atoms with Crippen molar-refractivity contribution in [3.8, 4) is 0 Å². The van der Waals surface area contributed by atoms with Gasteiger partial charge in [-0.15, -0.1) is 0 Å². The number of hydrogen-bond donors (Lipinski definition) is 3. The molecule has 4 N–H and O–H groups in total. The van der Waals surface area contributed by atoms with E-state index in [0.29, 0.717) is 38.7 Å². The van der Waals surface area contributed by atoms with Gasteiger partial charge in [0.1, 0.15) is 5.82 Å². The van der Waals surface area contributed by atoms with E-state index in [9.17, 15) is 4.79 Å². The van der Waals surface area contributed by atoms with Crippen molar-refractivity contribution in [2.75, 3.05) is 32.0 Å². The van der Waals surface area contributed by atoms with Gasteiger partial charge in [0.05, 0.1) is 19.4 Å². The molecular formula is C9H15N5O2. The molecule has 1 aliphatic heterocycles. The van der Waals surface area contributed by atoms with Gasteiger partial charge >= 0.3 is 6.03 Å².